The number of hydrogen-bond acceptors (Lipinski definition) is 6. The first-order valence-corrected chi connectivity index (χ1v) is 12.6. The van der Waals surface area contributed by atoms with Gasteiger partial charge in [0.2, 0.25) is 0 Å². The molecule has 0 saturated carbocycles. The van der Waals surface area contributed by atoms with Crippen molar-refractivity contribution in [2.75, 3.05) is 13.2 Å². The molecule has 4 rings (SSSR count). The van der Waals surface area contributed by atoms with Crippen molar-refractivity contribution in [2.24, 2.45) is 5.92 Å². The molecule has 194 valence electrons. The molecule has 1 aliphatic rings. The number of aliphatic hydroxyl groups is 1. The van der Waals surface area contributed by atoms with Crippen LogP contribution in [0.5, 0.6) is 11.5 Å². The van der Waals surface area contributed by atoms with E-state index in [0.717, 1.165) is 12.0 Å². The molecule has 1 unspecified atom stereocenters. The van der Waals surface area contributed by atoms with E-state index in [9.17, 15) is 14.7 Å². The van der Waals surface area contributed by atoms with Gasteiger partial charge in [0, 0.05) is 5.56 Å². The minimum atomic E-state index is -0.838. The van der Waals surface area contributed by atoms with Crippen molar-refractivity contribution in [1.29, 1.82) is 0 Å². The lowest BCUT2D eigenvalue weighted by molar-refractivity contribution is -0.140. The van der Waals surface area contributed by atoms with Gasteiger partial charge in [0.05, 0.1) is 37.6 Å². The Balaban J connectivity index is 1.80. The normalized spacial score (nSPS) is 17.0. The predicted octanol–water partition coefficient (Wildman–Crippen LogP) is 6.03. The van der Waals surface area contributed by atoms with Crippen LogP contribution >= 0.6 is 0 Å². The third-order valence-corrected chi connectivity index (χ3v) is 6.31. The zero-order chi connectivity index (χ0) is 26.5. The summed E-state index contributed by atoms with van der Waals surface area (Å²) >= 11 is 0. The van der Waals surface area contributed by atoms with Crippen molar-refractivity contribution >= 4 is 17.4 Å². The molecule has 0 spiro atoms. The van der Waals surface area contributed by atoms with Crippen LogP contribution in [0.4, 0.5) is 0 Å². The number of hydrogen-bond donors (Lipinski definition) is 1. The summed E-state index contributed by atoms with van der Waals surface area (Å²) in [7, 11) is 0. The van der Waals surface area contributed by atoms with Gasteiger partial charge in [-0.3, -0.25) is 9.59 Å². The molecule has 1 aliphatic heterocycles. The highest BCUT2D eigenvalue weighted by atomic mass is 16.5. The topological polar surface area (TPSA) is 89.2 Å². The number of aryl methyl sites for hydroxylation is 1. The van der Waals surface area contributed by atoms with Crippen molar-refractivity contribution in [3.05, 3.63) is 88.9 Å². The maximum atomic E-state index is 13.3. The van der Waals surface area contributed by atoms with Crippen molar-refractivity contribution in [3.63, 3.8) is 0 Å². The Morgan fingerprint density at radius 1 is 1.05 bits per heavy atom. The van der Waals surface area contributed by atoms with E-state index in [1.165, 1.54) is 11.2 Å². The zero-order valence-corrected chi connectivity index (χ0v) is 21.7. The van der Waals surface area contributed by atoms with Gasteiger partial charge in [0.25, 0.3) is 11.7 Å². The lowest BCUT2D eigenvalue weighted by atomic mass is 9.94. The van der Waals surface area contributed by atoms with Gasteiger partial charge in [-0.15, -0.1) is 0 Å². The number of benzene rings is 2. The molecule has 3 aromatic rings. The number of likely N-dealkylation sites (tertiary alicyclic amines) is 1. The summed E-state index contributed by atoms with van der Waals surface area (Å²) in [4.78, 5) is 28.0. The molecule has 1 fully saturated rings. The van der Waals surface area contributed by atoms with Gasteiger partial charge in [-0.05, 0) is 56.0 Å². The Hall–Kier alpha value is -4.00. The highest BCUT2D eigenvalue weighted by molar-refractivity contribution is 6.46. The molecule has 2 aromatic carbocycles. The van der Waals surface area contributed by atoms with Gasteiger partial charge in [-0.1, -0.05) is 49.7 Å². The molecule has 37 heavy (non-hydrogen) atoms. The molecule has 1 amide bonds. The molecule has 1 atom stereocenters. The number of amides is 1. The summed E-state index contributed by atoms with van der Waals surface area (Å²) in [5, 5.41) is 11.3. The quantitative estimate of drug-likeness (QED) is 0.206. The average molecular weight is 504 g/mol. The summed E-state index contributed by atoms with van der Waals surface area (Å²) in [6.07, 6.45) is 2.41. The second-order valence-electron chi connectivity index (χ2n) is 9.54. The molecule has 0 radical (unpaired) electrons. The number of Topliss-reactive ketones (excluding diaryl/α,β-unsaturated/α-hetero) is 1. The van der Waals surface area contributed by atoms with Gasteiger partial charge >= 0.3 is 0 Å². The number of carbonyl (C=O) groups excluding carboxylic acids is 2. The Morgan fingerprint density at radius 2 is 1.81 bits per heavy atom. The lowest BCUT2D eigenvalue weighted by Gasteiger charge is -2.25. The monoisotopic (exact) mass is 503 g/mol. The summed E-state index contributed by atoms with van der Waals surface area (Å²) in [6, 6.07) is 15.2. The maximum absolute atomic E-state index is 13.3. The van der Waals surface area contributed by atoms with Gasteiger partial charge < -0.3 is 23.9 Å². The van der Waals surface area contributed by atoms with E-state index in [-0.39, 0.29) is 17.9 Å². The van der Waals surface area contributed by atoms with E-state index in [2.05, 4.69) is 13.8 Å². The fraction of sp³-hybridized carbons (Fsp3) is 0.333. The number of ketones is 1. The maximum Gasteiger partial charge on any atom is 0.296 e. The average Bonchev–Trinajstić information content (AvgIpc) is 3.47. The van der Waals surface area contributed by atoms with E-state index in [1.807, 2.05) is 26.0 Å². The molecular formula is C30H33NO6. The van der Waals surface area contributed by atoms with Crippen molar-refractivity contribution in [3.8, 4) is 11.5 Å². The first-order valence-electron chi connectivity index (χ1n) is 12.6. The van der Waals surface area contributed by atoms with E-state index >= 15 is 0 Å². The molecule has 7 nitrogen and oxygen atoms in total. The van der Waals surface area contributed by atoms with Gasteiger partial charge in [-0.2, -0.15) is 0 Å². The summed E-state index contributed by atoms with van der Waals surface area (Å²) in [5.74, 6) is 0.463. The van der Waals surface area contributed by atoms with Crippen LogP contribution in [-0.2, 0) is 16.1 Å². The number of furan rings is 1. The SMILES string of the molecule is CCOc1cc(C2/C(=C(\O)c3ccc(C)cc3)C(=O)C(=O)N2Cc2ccco2)ccc1OCCC(C)C. The molecule has 1 aromatic heterocycles. The van der Waals surface area contributed by atoms with Crippen molar-refractivity contribution in [2.45, 2.75) is 46.7 Å². The largest absolute Gasteiger partial charge is 0.507 e. The number of rotatable bonds is 10. The van der Waals surface area contributed by atoms with Gasteiger partial charge in [0.1, 0.15) is 11.5 Å². The number of nitrogens with zero attached hydrogens (tertiary/aromatic N) is 1. The fourth-order valence-electron chi connectivity index (χ4n) is 4.31. The Kier molecular flexibility index (Phi) is 8.01. The van der Waals surface area contributed by atoms with Gasteiger partial charge in [-0.25, -0.2) is 0 Å². The highest BCUT2D eigenvalue weighted by Crippen LogP contribution is 2.42. The molecular weight excluding hydrogens is 470 g/mol. The van der Waals surface area contributed by atoms with Crippen LogP contribution in [0, 0.1) is 12.8 Å². The lowest BCUT2D eigenvalue weighted by Crippen LogP contribution is -2.29. The molecule has 2 heterocycles. The second kappa shape index (κ2) is 11.4. The smallest absolute Gasteiger partial charge is 0.296 e. The molecule has 1 saturated heterocycles. The molecule has 0 bridgehead atoms. The summed E-state index contributed by atoms with van der Waals surface area (Å²) in [5.41, 5.74) is 2.13. The Labute approximate surface area is 217 Å². The van der Waals surface area contributed by atoms with Crippen LogP contribution in [0.15, 0.2) is 70.9 Å². The predicted molar refractivity (Wildman–Crippen MR) is 140 cm³/mol. The van der Waals surface area contributed by atoms with E-state index in [1.54, 1.807) is 42.5 Å². The summed E-state index contributed by atoms with van der Waals surface area (Å²) < 4.78 is 17.3. The molecule has 1 N–H and O–H groups in total. The number of aliphatic hydroxyl groups excluding tert-OH is 1. The zero-order valence-electron chi connectivity index (χ0n) is 21.7. The Morgan fingerprint density at radius 3 is 2.46 bits per heavy atom. The minimum absolute atomic E-state index is 0.0244. The second-order valence-corrected chi connectivity index (χ2v) is 9.54. The van der Waals surface area contributed by atoms with E-state index in [4.69, 9.17) is 13.9 Å². The van der Waals surface area contributed by atoms with E-state index in [0.29, 0.717) is 47.5 Å². The van der Waals surface area contributed by atoms with E-state index < -0.39 is 17.7 Å². The number of ether oxygens (including phenoxy) is 2. The fourth-order valence-corrected chi connectivity index (χ4v) is 4.31. The molecule has 0 aliphatic carbocycles. The summed E-state index contributed by atoms with van der Waals surface area (Å²) in [6.45, 7) is 9.11. The van der Waals surface area contributed by atoms with Crippen LogP contribution in [0.3, 0.4) is 0 Å². The van der Waals surface area contributed by atoms with Crippen LogP contribution in [-0.4, -0.2) is 34.9 Å². The standard InChI is InChI=1S/C30H33NO6/c1-5-35-25-17-22(12-13-24(25)37-16-14-19(2)3)27-26(28(32)21-10-8-20(4)9-11-21)29(33)30(34)31(27)18-23-7-6-15-36-23/h6-13,15,17,19,27,32H,5,14,16,18H2,1-4H3/b28-26+. The van der Waals surface area contributed by atoms with Crippen LogP contribution in [0.2, 0.25) is 0 Å². The van der Waals surface area contributed by atoms with Gasteiger partial charge in [0.15, 0.2) is 11.5 Å². The number of carbonyl (C=O) groups is 2. The van der Waals surface area contributed by atoms with Crippen LogP contribution < -0.4 is 9.47 Å². The first kappa shape index (κ1) is 26.1. The van der Waals surface area contributed by atoms with Crippen molar-refractivity contribution in [1.82, 2.24) is 4.90 Å². The van der Waals surface area contributed by atoms with Crippen LogP contribution in [0.1, 0.15) is 55.7 Å². The van der Waals surface area contributed by atoms with Crippen LogP contribution in [0.25, 0.3) is 5.76 Å². The first-order chi connectivity index (χ1) is 17.8. The third-order valence-electron chi connectivity index (χ3n) is 6.31. The Bertz CT molecular complexity index is 1270. The van der Waals surface area contributed by atoms with Crippen molar-refractivity contribution < 1.29 is 28.6 Å². The molecule has 7 heteroatoms. The third kappa shape index (κ3) is 5.71. The highest BCUT2D eigenvalue weighted by Gasteiger charge is 2.46. The minimum Gasteiger partial charge on any atom is -0.507 e.